The minimum Gasteiger partial charge on any atom is -0.495 e. The number of aromatic nitrogens is 2. The number of anilines is 1. The third kappa shape index (κ3) is 3.37. The second kappa shape index (κ2) is 6.58. The van der Waals surface area contributed by atoms with Crippen molar-refractivity contribution in [3.63, 3.8) is 0 Å². The van der Waals surface area contributed by atoms with E-state index in [1.807, 2.05) is 37.3 Å². The lowest BCUT2D eigenvalue weighted by Gasteiger charge is -2.08. The molecule has 2 heterocycles. The highest BCUT2D eigenvalue weighted by Gasteiger charge is 2.13. The molecule has 3 aromatic rings. The Labute approximate surface area is 138 Å². The molecule has 6 heteroatoms. The Morgan fingerprint density at radius 3 is 2.91 bits per heavy atom. The van der Waals surface area contributed by atoms with Gasteiger partial charge in [0, 0.05) is 28.2 Å². The summed E-state index contributed by atoms with van der Waals surface area (Å²) in [6.45, 7) is 1.85. The number of benzene rings is 1. The van der Waals surface area contributed by atoms with Gasteiger partial charge in [0.25, 0.3) is 5.91 Å². The molecule has 0 bridgehead atoms. The molecule has 5 nitrogen and oxygen atoms in total. The molecular formula is C17H15N3O2S. The van der Waals surface area contributed by atoms with Gasteiger partial charge in [0.1, 0.15) is 11.6 Å². The average molecular weight is 325 g/mol. The number of ether oxygens (including phenoxy) is 1. The molecule has 0 fully saturated rings. The number of carbonyl (C=O) groups is 1. The average Bonchev–Trinajstić information content (AvgIpc) is 3.04. The lowest BCUT2D eigenvalue weighted by Crippen LogP contribution is -2.12. The summed E-state index contributed by atoms with van der Waals surface area (Å²) < 4.78 is 5.18. The van der Waals surface area contributed by atoms with Crippen LogP contribution in [0, 0.1) is 6.92 Å². The number of methoxy groups -OCH3 is 1. The smallest absolute Gasteiger partial charge is 0.260 e. The molecule has 23 heavy (non-hydrogen) atoms. The highest BCUT2D eigenvalue weighted by Crippen LogP contribution is 2.25. The van der Waals surface area contributed by atoms with E-state index in [4.69, 9.17) is 4.74 Å². The van der Waals surface area contributed by atoms with Crippen LogP contribution in [0.5, 0.6) is 5.75 Å². The first-order valence-corrected chi connectivity index (χ1v) is 7.93. The summed E-state index contributed by atoms with van der Waals surface area (Å²) >= 11 is 1.43. The van der Waals surface area contributed by atoms with E-state index in [1.54, 1.807) is 24.1 Å². The van der Waals surface area contributed by atoms with Crippen molar-refractivity contribution in [1.82, 2.24) is 9.97 Å². The molecule has 0 saturated heterocycles. The van der Waals surface area contributed by atoms with Gasteiger partial charge < -0.3 is 10.1 Å². The highest BCUT2D eigenvalue weighted by atomic mass is 32.1. The SMILES string of the molecule is COc1cscc1C(=O)Nc1cccc(-c2ccnc(C)n2)c1. The predicted molar refractivity (Wildman–Crippen MR) is 91.0 cm³/mol. The van der Waals surface area contributed by atoms with Crippen molar-refractivity contribution in [1.29, 1.82) is 0 Å². The van der Waals surface area contributed by atoms with E-state index in [1.165, 1.54) is 11.3 Å². The third-order valence-electron chi connectivity index (χ3n) is 3.28. The molecule has 2 aromatic heterocycles. The van der Waals surface area contributed by atoms with Crippen molar-refractivity contribution < 1.29 is 9.53 Å². The summed E-state index contributed by atoms with van der Waals surface area (Å²) in [4.78, 5) is 20.8. The minimum absolute atomic E-state index is 0.195. The van der Waals surface area contributed by atoms with Gasteiger partial charge >= 0.3 is 0 Å². The van der Waals surface area contributed by atoms with Gasteiger partial charge in [-0.2, -0.15) is 0 Å². The van der Waals surface area contributed by atoms with E-state index in [2.05, 4.69) is 15.3 Å². The summed E-state index contributed by atoms with van der Waals surface area (Å²) in [5.41, 5.74) is 2.98. The zero-order valence-corrected chi connectivity index (χ0v) is 13.6. The number of nitrogens with one attached hydrogen (secondary N) is 1. The minimum atomic E-state index is -0.195. The van der Waals surface area contributed by atoms with Crippen molar-refractivity contribution in [3.05, 3.63) is 58.7 Å². The van der Waals surface area contributed by atoms with Crippen LogP contribution >= 0.6 is 11.3 Å². The van der Waals surface area contributed by atoms with E-state index in [0.29, 0.717) is 22.8 Å². The molecular weight excluding hydrogens is 310 g/mol. The second-order valence-corrected chi connectivity index (χ2v) is 5.62. The number of aryl methyl sites for hydroxylation is 1. The molecule has 1 amide bonds. The normalized spacial score (nSPS) is 10.3. The monoisotopic (exact) mass is 325 g/mol. The summed E-state index contributed by atoms with van der Waals surface area (Å²) in [6, 6.07) is 9.40. The number of amides is 1. The molecule has 0 aliphatic rings. The van der Waals surface area contributed by atoms with Crippen LogP contribution in [-0.2, 0) is 0 Å². The van der Waals surface area contributed by atoms with Gasteiger partial charge in [-0.3, -0.25) is 4.79 Å². The van der Waals surface area contributed by atoms with Crippen LogP contribution in [0.3, 0.4) is 0 Å². The molecule has 0 aliphatic carbocycles. The first kappa shape index (κ1) is 15.2. The van der Waals surface area contributed by atoms with Gasteiger partial charge in [0.05, 0.1) is 18.4 Å². The molecule has 0 aliphatic heterocycles. The first-order chi connectivity index (χ1) is 11.2. The van der Waals surface area contributed by atoms with Crippen molar-refractivity contribution >= 4 is 22.9 Å². The molecule has 3 rings (SSSR count). The Morgan fingerprint density at radius 1 is 1.26 bits per heavy atom. The predicted octanol–water partition coefficient (Wildman–Crippen LogP) is 3.77. The van der Waals surface area contributed by atoms with E-state index < -0.39 is 0 Å². The molecule has 0 unspecified atom stereocenters. The Bertz CT molecular complexity index is 845. The third-order valence-corrected chi connectivity index (χ3v) is 4.01. The summed E-state index contributed by atoms with van der Waals surface area (Å²) in [5.74, 6) is 1.09. The van der Waals surface area contributed by atoms with Gasteiger partial charge in [-0.25, -0.2) is 9.97 Å². The fraction of sp³-hybridized carbons (Fsp3) is 0.118. The van der Waals surface area contributed by atoms with E-state index in [-0.39, 0.29) is 5.91 Å². The van der Waals surface area contributed by atoms with Crippen molar-refractivity contribution in [2.45, 2.75) is 6.92 Å². The van der Waals surface area contributed by atoms with Crippen LogP contribution < -0.4 is 10.1 Å². The quantitative estimate of drug-likeness (QED) is 0.793. The van der Waals surface area contributed by atoms with E-state index >= 15 is 0 Å². The molecule has 116 valence electrons. The standard InChI is InChI=1S/C17H15N3O2S/c1-11-18-7-6-15(19-11)12-4-3-5-13(8-12)20-17(21)14-9-23-10-16(14)22-2/h3-10H,1-2H3,(H,20,21). The number of rotatable bonds is 4. The highest BCUT2D eigenvalue weighted by molar-refractivity contribution is 7.08. The van der Waals surface area contributed by atoms with E-state index in [0.717, 1.165) is 11.3 Å². The Balaban J connectivity index is 1.84. The van der Waals surface area contributed by atoms with Gasteiger partial charge in [0.15, 0.2) is 0 Å². The molecule has 1 N–H and O–H groups in total. The van der Waals surface area contributed by atoms with Crippen LogP contribution in [-0.4, -0.2) is 23.0 Å². The van der Waals surface area contributed by atoms with Gasteiger partial charge in [0.2, 0.25) is 0 Å². The van der Waals surface area contributed by atoms with Crippen molar-refractivity contribution in [2.24, 2.45) is 0 Å². The van der Waals surface area contributed by atoms with Crippen LogP contribution in [0.2, 0.25) is 0 Å². The van der Waals surface area contributed by atoms with Crippen LogP contribution in [0.4, 0.5) is 5.69 Å². The van der Waals surface area contributed by atoms with Crippen LogP contribution in [0.15, 0.2) is 47.3 Å². The van der Waals surface area contributed by atoms with Crippen LogP contribution in [0.1, 0.15) is 16.2 Å². The Morgan fingerprint density at radius 2 is 2.13 bits per heavy atom. The molecule has 0 saturated carbocycles. The zero-order chi connectivity index (χ0) is 16.2. The maximum atomic E-state index is 12.3. The maximum absolute atomic E-state index is 12.3. The largest absolute Gasteiger partial charge is 0.495 e. The van der Waals surface area contributed by atoms with Gasteiger partial charge in [-0.15, -0.1) is 11.3 Å². The maximum Gasteiger partial charge on any atom is 0.260 e. The lowest BCUT2D eigenvalue weighted by molar-refractivity contribution is 0.102. The zero-order valence-electron chi connectivity index (χ0n) is 12.7. The van der Waals surface area contributed by atoms with Gasteiger partial charge in [-0.05, 0) is 25.1 Å². The number of thiophene rings is 1. The number of hydrogen-bond acceptors (Lipinski definition) is 5. The fourth-order valence-electron chi connectivity index (χ4n) is 2.18. The molecule has 0 spiro atoms. The summed E-state index contributed by atoms with van der Waals surface area (Å²) in [5, 5.41) is 6.46. The second-order valence-electron chi connectivity index (χ2n) is 4.88. The summed E-state index contributed by atoms with van der Waals surface area (Å²) in [6.07, 6.45) is 1.72. The Hall–Kier alpha value is -2.73. The molecule has 1 aromatic carbocycles. The molecule has 0 radical (unpaired) electrons. The molecule has 0 atom stereocenters. The van der Waals surface area contributed by atoms with Crippen LogP contribution in [0.25, 0.3) is 11.3 Å². The first-order valence-electron chi connectivity index (χ1n) is 6.99. The van der Waals surface area contributed by atoms with Crippen molar-refractivity contribution in [2.75, 3.05) is 12.4 Å². The number of carbonyl (C=O) groups excluding carboxylic acids is 1. The van der Waals surface area contributed by atoms with Crippen molar-refractivity contribution in [3.8, 4) is 17.0 Å². The topological polar surface area (TPSA) is 64.1 Å². The number of hydrogen-bond donors (Lipinski definition) is 1. The number of nitrogens with zero attached hydrogens (tertiary/aromatic N) is 2. The van der Waals surface area contributed by atoms with E-state index in [9.17, 15) is 4.79 Å². The fourth-order valence-corrected chi connectivity index (χ4v) is 2.95. The van der Waals surface area contributed by atoms with Gasteiger partial charge in [-0.1, -0.05) is 12.1 Å². The summed E-state index contributed by atoms with van der Waals surface area (Å²) in [7, 11) is 1.55. The lowest BCUT2D eigenvalue weighted by atomic mass is 10.1. The Kier molecular flexibility index (Phi) is 4.34.